The van der Waals surface area contributed by atoms with Crippen molar-refractivity contribution >= 4 is 89.8 Å². The third kappa shape index (κ3) is 6.98. The van der Waals surface area contributed by atoms with Crippen molar-refractivity contribution in [3.05, 3.63) is 57.2 Å². The zero-order valence-corrected chi connectivity index (χ0v) is 24.0. The van der Waals surface area contributed by atoms with Crippen molar-refractivity contribution in [1.82, 2.24) is 0 Å². The first kappa shape index (κ1) is 26.7. The largest absolute Gasteiger partial charge is 0.744 e. The Bertz CT molecular complexity index is 1130. The molecule has 11 heteroatoms. The molecule has 0 saturated carbocycles. The minimum absolute atomic E-state index is 0.133. The van der Waals surface area contributed by atoms with Crippen LogP contribution in [0.5, 0.6) is 0 Å². The highest BCUT2D eigenvalue weighted by molar-refractivity contribution is 14.1. The number of carbonyl (C=O) groups is 2. The Kier molecular flexibility index (Phi) is 9.54. The fourth-order valence-corrected chi connectivity index (χ4v) is 6.00. The van der Waals surface area contributed by atoms with E-state index in [2.05, 4.69) is 67.8 Å². The number of ether oxygens (including phenoxy) is 2. The minimum atomic E-state index is -4.67. The van der Waals surface area contributed by atoms with Gasteiger partial charge in [-0.1, -0.05) is 13.8 Å². The number of aryl methyl sites for hydroxylation is 1. The molecule has 2 rings (SSSR count). The molecule has 2 aromatic carbocycles. The molecule has 0 aliphatic heterocycles. The van der Waals surface area contributed by atoms with Gasteiger partial charge in [0.25, 0.3) is 0 Å². The van der Waals surface area contributed by atoms with Crippen molar-refractivity contribution in [1.29, 1.82) is 0 Å². The van der Waals surface area contributed by atoms with Crippen LogP contribution in [0.15, 0.2) is 29.2 Å². The molecule has 0 saturated heterocycles. The van der Waals surface area contributed by atoms with Gasteiger partial charge in [0.2, 0.25) is 0 Å². The summed E-state index contributed by atoms with van der Waals surface area (Å²) < 4.78 is 47.6. The van der Waals surface area contributed by atoms with E-state index in [0.717, 1.165) is 10.7 Å². The van der Waals surface area contributed by atoms with Crippen LogP contribution in [0.2, 0.25) is 0 Å². The topological polar surface area (TPSA) is 110 Å². The Morgan fingerprint density at radius 1 is 0.968 bits per heavy atom. The Morgan fingerprint density at radius 2 is 1.52 bits per heavy atom. The molecule has 0 aromatic heterocycles. The molecular formula is C20H18I3O7S-. The van der Waals surface area contributed by atoms with Gasteiger partial charge in [0.1, 0.15) is 23.3 Å². The highest BCUT2D eigenvalue weighted by Gasteiger charge is 2.20. The summed E-state index contributed by atoms with van der Waals surface area (Å²) in [6, 6.07) is 6.23. The standard InChI is InChI=1S/C20H19I3O7S/c1-10(2)13-9-14(11(3)6-17(13)31(26,27)28)19(24)29-4-5-30-20(25)15-7-12(21)8-16(22)18(15)23/h6-10H,4-5H2,1-3H3,(H,26,27,28)/p-1. The Hall–Kier alpha value is -0.520. The maximum Gasteiger partial charge on any atom is 0.339 e. The van der Waals surface area contributed by atoms with Gasteiger partial charge in [-0.2, -0.15) is 0 Å². The van der Waals surface area contributed by atoms with E-state index in [9.17, 15) is 22.6 Å². The fraction of sp³-hybridized carbons (Fsp3) is 0.300. The van der Waals surface area contributed by atoms with E-state index in [1.807, 2.05) is 6.07 Å². The SMILES string of the molecule is Cc1cc(S(=O)(=O)[O-])c(C(C)C)cc1C(=O)OCCOC(=O)c1cc(I)cc(I)c1I. The molecule has 0 amide bonds. The first-order chi connectivity index (χ1) is 14.3. The smallest absolute Gasteiger partial charge is 0.339 e. The second kappa shape index (κ2) is 11.1. The fourth-order valence-electron chi connectivity index (χ4n) is 2.71. The zero-order chi connectivity index (χ0) is 23.5. The molecule has 31 heavy (non-hydrogen) atoms. The molecule has 0 heterocycles. The molecule has 0 bridgehead atoms. The van der Waals surface area contributed by atoms with Gasteiger partial charge in [0, 0.05) is 10.7 Å². The van der Waals surface area contributed by atoms with Crippen LogP contribution in [0.4, 0.5) is 0 Å². The molecule has 7 nitrogen and oxygen atoms in total. The minimum Gasteiger partial charge on any atom is -0.744 e. The van der Waals surface area contributed by atoms with Gasteiger partial charge >= 0.3 is 11.9 Å². The van der Waals surface area contributed by atoms with Gasteiger partial charge < -0.3 is 14.0 Å². The van der Waals surface area contributed by atoms with Crippen LogP contribution in [0.25, 0.3) is 0 Å². The van der Waals surface area contributed by atoms with Gasteiger partial charge in [-0.3, -0.25) is 0 Å². The maximum atomic E-state index is 12.5. The number of esters is 2. The van der Waals surface area contributed by atoms with Gasteiger partial charge in [0.05, 0.1) is 16.0 Å². The lowest BCUT2D eigenvalue weighted by molar-refractivity contribution is 0.0264. The number of rotatable bonds is 7. The monoisotopic (exact) mass is 783 g/mol. The molecular weight excluding hydrogens is 765 g/mol. The van der Waals surface area contributed by atoms with Gasteiger partial charge in [-0.05, 0) is 116 Å². The van der Waals surface area contributed by atoms with Crippen molar-refractivity contribution in [2.75, 3.05) is 13.2 Å². The van der Waals surface area contributed by atoms with E-state index >= 15 is 0 Å². The van der Waals surface area contributed by atoms with E-state index < -0.39 is 22.1 Å². The molecule has 2 aromatic rings. The summed E-state index contributed by atoms with van der Waals surface area (Å²) in [5, 5.41) is 0. The van der Waals surface area contributed by atoms with E-state index in [1.165, 1.54) is 19.1 Å². The van der Waals surface area contributed by atoms with E-state index in [0.29, 0.717) is 11.1 Å². The average molecular weight is 783 g/mol. The highest BCUT2D eigenvalue weighted by Crippen LogP contribution is 2.28. The summed E-state index contributed by atoms with van der Waals surface area (Å²) in [6.07, 6.45) is 0. The normalized spacial score (nSPS) is 11.5. The average Bonchev–Trinajstić information content (AvgIpc) is 2.66. The number of benzene rings is 2. The molecule has 0 aliphatic carbocycles. The lowest BCUT2D eigenvalue weighted by atomic mass is 9.97. The van der Waals surface area contributed by atoms with Gasteiger partial charge in [-0.15, -0.1) is 0 Å². The van der Waals surface area contributed by atoms with Crippen LogP contribution in [-0.4, -0.2) is 38.1 Å². The van der Waals surface area contributed by atoms with Crippen LogP contribution >= 0.6 is 67.8 Å². The summed E-state index contributed by atoms with van der Waals surface area (Å²) >= 11 is 6.33. The second-order valence-corrected chi connectivity index (χ2v) is 11.7. The summed E-state index contributed by atoms with van der Waals surface area (Å²) in [5.41, 5.74) is 1.16. The van der Waals surface area contributed by atoms with Crippen molar-refractivity contribution in [2.24, 2.45) is 0 Å². The lowest BCUT2D eigenvalue weighted by Crippen LogP contribution is -2.17. The molecule has 0 aliphatic rings. The van der Waals surface area contributed by atoms with E-state index in [-0.39, 0.29) is 35.2 Å². The van der Waals surface area contributed by atoms with Crippen molar-refractivity contribution in [3.63, 3.8) is 0 Å². The highest BCUT2D eigenvalue weighted by atomic mass is 127. The zero-order valence-electron chi connectivity index (χ0n) is 16.7. The predicted octanol–water partition coefficient (Wildman–Crippen LogP) is 4.85. The molecule has 0 fully saturated rings. The predicted molar refractivity (Wildman–Crippen MR) is 138 cm³/mol. The Morgan fingerprint density at radius 3 is 2.03 bits per heavy atom. The van der Waals surface area contributed by atoms with Crippen LogP contribution < -0.4 is 0 Å². The van der Waals surface area contributed by atoms with Crippen LogP contribution in [0.1, 0.15) is 51.6 Å². The van der Waals surface area contributed by atoms with Crippen molar-refractivity contribution in [3.8, 4) is 0 Å². The summed E-state index contributed by atoms with van der Waals surface area (Å²) in [4.78, 5) is 24.5. The van der Waals surface area contributed by atoms with Gasteiger partial charge in [-0.25, -0.2) is 18.0 Å². The molecule has 0 radical (unpaired) electrons. The van der Waals surface area contributed by atoms with Crippen molar-refractivity contribution in [2.45, 2.75) is 31.6 Å². The number of halogens is 3. The first-order valence-electron chi connectivity index (χ1n) is 8.92. The van der Waals surface area contributed by atoms with Gasteiger partial charge in [0.15, 0.2) is 0 Å². The van der Waals surface area contributed by atoms with Crippen LogP contribution in [0, 0.1) is 17.6 Å². The number of hydrogen-bond acceptors (Lipinski definition) is 7. The maximum absolute atomic E-state index is 12.5. The number of hydrogen-bond donors (Lipinski definition) is 0. The summed E-state index contributed by atoms with van der Waals surface area (Å²) in [5.74, 6) is -1.49. The molecule has 0 spiro atoms. The quantitative estimate of drug-likeness (QED) is 0.130. The van der Waals surface area contributed by atoms with Crippen LogP contribution in [0.3, 0.4) is 0 Å². The number of carbonyl (C=O) groups excluding carboxylic acids is 2. The first-order valence-corrected chi connectivity index (χ1v) is 13.6. The summed E-state index contributed by atoms with van der Waals surface area (Å²) in [6.45, 7) is 4.67. The molecule has 0 N–H and O–H groups in total. The third-order valence-corrected chi connectivity index (χ3v) is 8.79. The molecule has 168 valence electrons. The summed E-state index contributed by atoms with van der Waals surface area (Å²) in [7, 11) is -4.67. The molecule has 0 atom stereocenters. The van der Waals surface area contributed by atoms with Crippen LogP contribution in [-0.2, 0) is 19.6 Å². The van der Waals surface area contributed by atoms with E-state index in [1.54, 1.807) is 19.9 Å². The Labute approximate surface area is 221 Å². The van der Waals surface area contributed by atoms with E-state index in [4.69, 9.17) is 9.47 Å². The lowest BCUT2D eigenvalue weighted by Gasteiger charge is -2.18. The Balaban J connectivity index is 2.07. The third-order valence-electron chi connectivity index (χ3n) is 4.23. The second-order valence-electron chi connectivity index (χ2n) is 6.83. The van der Waals surface area contributed by atoms with Crippen molar-refractivity contribution < 1.29 is 32.0 Å². The molecule has 0 unspecified atom stereocenters.